The number of anilines is 1. The minimum absolute atomic E-state index is 0.677. The summed E-state index contributed by atoms with van der Waals surface area (Å²) in [7, 11) is 4.05. The fraction of sp³-hybridized carbons (Fsp3) is 0.250. The Kier molecular flexibility index (Phi) is 4.07. The van der Waals surface area contributed by atoms with Gasteiger partial charge in [-0.1, -0.05) is 17.7 Å². The summed E-state index contributed by atoms with van der Waals surface area (Å²) >= 11 is 8.25. The van der Waals surface area contributed by atoms with Gasteiger partial charge in [0.05, 0.1) is 5.02 Å². The molecule has 1 aliphatic rings. The molecule has 2 nitrogen and oxygen atoms in total. The Hall–Kier alpha value is -1.84. The lowest BCUT2D eigenvalue weighted by molar-refractivity contribution is 1.02. The molecule has 0 unspecified atom stereocenters. The van der Waals surface area contributed by atoms with E-state index in [1.165, 1.54) is 34.5 Å². The highest BCUT2D eigenvalue weighted by Crippen LogP contribution is 2.41. The highest BCUT2D eigenvalue weighted by atomic mass is 35.5. The van der Waals surface area contributed by atoms with Crippen molar-refractivity contribution in [3.63, 3.8) is 0 Å². The van der Waals surface area contributed by atoms with Crippen LogP contribution in [0.4, 0.5) is 5.69 Å². The average Bonchev–Trinajstić information content (AvgIpc) is 3.32. The highest BCUT2D eigenvalue weighted by Gasteiger charge is 2.25. The normalized spacial score (nSPS) is 14.0. The van der Waals surface area contributed by atoms with Gasteiger partial charge in [-0.15, -0.1) is 11.3 Å². The smallest absolute Gasteiger partial charge is 0.0513 e. The lowest BCUT2D eigenvalue weighted by Gasteiger charge is -2.13. The summed E-state index contributed by atoms with van der Waals surface area (Å²) in [5.41, 5.74) is 5.93. The average molecular weight is 355 g/mol. The van der Waals surface area contributed by atoms with Crippen LogP contribution in [0.3, 0.4) is 0 Å². The van der Waals surface area contributed by atoms with Crippen molar-refractivity contribution in [2.45, 2.75) is 18.8 Å². The second kappa shape index (κ2) is 6.23. The first-order chi connectivity index (χ1) is 11.6. The van der Waals surface area contributed by atoms with Gasteiger partial charge in [0.2, 0.25) is 0 Å². The zero-order valence-corrected chi connectivity index (χ0v) is 15.4. The standard InChI is InChI=1S/C20H19ClN2S/c1-23(2)16-5-6-17(18(21)11-16)20-10-15(12-24-20)14-7-8-22-19(9-14)13-3-4-13/h5-13H,3-4H2,1-2H3. The van der Waals surface area contributed by atoms with Crippen LogP contribution in [0, 0.1) is 0 Å². The van der Waals surface area contributed by atoms with Gasteiger partial charge in [-0.2, -0.15) is 0 Å². The Labute approximate surface area is 151 Å². The molecule has 3 aromatic rings. The van der Waals surface area contributed by atoms with Crippen LogP contribution in [-0.2, 0) is 0 Å². The molecule has 1 aliphatic carbocycles. The fourth-order valence-electron chi connectivity index (χ4n) is 2.84. The molecule has 0 atom stereocenters. The molecule has 2 aromatic heterocycles. The number of nitrogens with zero attached hydrogens (tertiary/aromatic N) is 2. The molecule has 1 saturated carbocycles. The molecule has 24 heavy (non-hydrogen) atoms. The predicted molar refractivity (Wildman–Crippen MR) is 104 cm³/mol. The second-order valence-electron chi connectivity index (χ2n) is 6.50. The monoisotopic (exact) mass is 354 g/mol. The van der Waals surface area contributed by atoms with Gasteiger partial charge in [0.15, 0.2) is 0 Å². The molecule has 0 radical (unpaired) electrons. The van der Waals surface area contributed by atoms with Crippen molar-refractivity contribution in [1.29, 1.82) is 0 Å². The Morgan fingerprint density at radius 3 is 2.62 bits per heavy atom. The zero-order chi connectivity index (χ0) is 16.7. The first-order valence-corrected chi connectivity index (χ1v) is 9.39. The number of hydrogen-bond acceptors (Lipinski definition) is 3. The summed E-state index contributed by atoms with van der Waals surface area (Å²) in [5, 5.41) is 3.00. The van der Waals surface area contributed by atoms with Crippen LogP contribution in [0.2, 0.25) is 5.02 Å². The van der Waals surface area contributed by atoms with Crippen LogP contribution in [0.15, 0.2) is 48.0 Å². The molecule has 0 amide bonds. The maximum Gasteiger partial charge on any atom is 0.0513 e. The Morgan fingerprint density at radius 1 is 1.08 bits per heavy atom. The van der Waals surface area contributed by atoms with Gasteiger partial charge in [-0.05, 0) is 59.7 Å². The van der Waals surface area contributed by atoms with Gasteiger partial charge in [0, 0.05) is 48.0 Å². The molecule has 4 heteroatoms. The largest absolute Gasteiger partial charge is 0.378 e. The summed E-state index contributed by atoms with van der Waals surface area (Å²) in [6.07, 6.45) is 4.48. The fourth-order valence-corrected chi connectivity index (χ4v) is 4.13. The second-order valence-corrected chi connectivity index (χ2v) is 7.82. The molecule has 1 fully saturated rings. The minimum atomic E-state index is 0.677. The number of hydrogen-bond donors (Lipinski definition) is 0. The summed E-state index contributed by atoms with van der Waals surface area (Å²) < 4.78 is 0. The maximum absolute atomic E-state index is 6.51. The summed E-state index contributed by atoms with van der Waals surface area (Å²) in [4.78, 5) is 7.77. The van der Waals surface area contributed by atoms with Crippen LogP contribution >= 0.6 is 22.9 Å². The summed E-state index contributed by atoms with van der Waals surface area (Å²) in [6.45, 7) is 0. The lowest BCUT2D eigenvalue weighted by atomic mass is 10.1. The third-order valence-electron chi connectivity index (χ3n) is 4.44. The first-order valence-electron chi connectivity index (χ1n) is 8.14. The van der Waals surface area contributed by atoms with Crippen LogP contribution in [0.25, 0.3) is 21.6 Å². The lowest BCUT2D eigenvalue weighted by Crippen LogP contribution is -2.08. The minimum Gasteiger partial charge on any atom is -0.378 e. The van der Waals surface area contributed by atoms with Gasteiger partial charge in [-0.25, -0.2) is 0 Å². The molecular formula is C20H19ClN2S. The van der Waals surface area contributed by atoms with Gasteiger partial charge in [-0.3, -0.25) is 4.98 Å². The Bertz CT molecular complexity index is 881. The van der Waals surface area contributed by atoms with Gasteiger partial charge in [0.25, 0.3) is 0 Å². The van der Waals surface area contributed by atoms with Crippen molar-refractivity contribution in [3.8, 4) is 21.6 Å². The van der Waals surface area contributed by atoms with E-state index in [2.05, 4.69) is 45.6 Å². The van der Waals surface area contributed by atoms with E-state index in [0.29, 0.717) is 5.92 Å². The quantitative estimate of drug-likeness (QED) is 0.565. The van der Waals surface area contributed by atoms with E-state index in [1.54, 1.807) is 11.3 Å². The van der Waals surface area contributed by atoms with Crippen LogP contribution in [0.1, 0.15) is 24.5 Å². The van der Waals surface area contributed by atoms with Crippen LogP contribution < -0.4 is 4.90 Å². The molecule has 1 aromatic carbocycles. The van der Waals surface area contributed by atoms with E-state index in [1.807, 2.05) is 26.4 Å². The molecule has 0 saturated heterocycles. The van der Waals surface area contributed by atoms with Crippen LogP contribution in [0.5, 0.6) is 0 Å². The van der Waals surface area contributed by atoms with E-state index in [-0.39, 0.29) is 0 Å². The van der Waals surface area contributed by atoms with Crippen molar-refractivity contribution in [1.82, 2.24) is 4.98 Å². The summed E-state index contributed by atoms with van der Waals surface area (Å²) in [5.74, 6) is 0.677. The van der Waals surface area contributed by atoms with E-state index in [9.17, 15) is 0 Å². The molecule has 0 aliphatic heterocycles. The SMILES string of the molecule is CN(C)c1ccc(-c2cc(-c3ccnc(C4CC4)c3)cs2)c(Cl)c1. The van der Waals surface area contributed by atoms with E-state index < -0.39 is 0 Å². The van der Waals surface area contributed by atoms with Crippen molar-refractivity contribution in [2.75, 3.05) is 19.0 Å². The van der Waals surface area contributed by atoms with Gasteiger partial charge < -0.3 is 4.90 Å². The number of halogens is 1. The highest BCUT2D eigenvalue weighted by molar-refractivity contribution is 7.14. The van der Waals surface area contributed by atoms with E-state index >= 15 is 0 Å². The number of rotatable bonds is 4. The van der Waals surface area contributed by atoms with Crippen molar-refractivity contribution in [3.05, 3.63) is 58.7 Å². The predicted octanol–water partition coefficient (Wildman–Crippen LogP) is 6.07. The Morgan fingerprint density at radius 2 is 1.92 bits per heavy atom. The summed E-state index contributed by atoms with van der Waals surface area (Å²) in [6, 6.07) is 12.8. The topological polar surface area (TPSA) is 16.1 Å². The van der Waals surface area contributed by atoms with Crippen LogP contribution in [-0.4, -0.2) is 19.1 Å². The molecule has 2 heterocycles. The van der Waals surface area contributed by atoms with Gasteiger partial charge in [0.1, 0.15) is 0 Å². The molecule has 4 rings (SSSR count). The number of aromatic nitrogens is 1. The van der Waals surface area contributed by atoms with E-state index in [0.717, 1.165) is 16.3 Å². The number of thiophene rings is 1. The molecule has 122 valence electrons. The van der Waals surface area contributed by atoms with Crippen molar-refractivity contribution in [2.24, 2.45) is 0 Å². The molecule has 0 bridgehead atoms. The first kappa shape index (κ1) is 15.7. The van der Waals surface area contributed by atoms with Crippen molar-refractivity contribution < 1.29 is 0 Å². The molecule has 0 N–H and O–H groups in total. The van der Waals surface area contributed by atoms with Gasteiger partial charge >= 0.3 is 0 Å². The number of benzene rings is 1. The third-order valence-corrected chi connectivity index (χ3v) is 5.72. The zero-order valence-electron chi connectivity index (χ0n) is 13.8. The Balaban J connectivity index is 1.66. The third kappa shape index (κ3) is 3.06. The van der Waals surface area contributed by atoms with E-state index in [4.69, 9.17) is 11.6 Å². The van der Waals surface area contributed by atoms with Crippen molar-refractivity contribution >= 4 is 28.6 Å². The maximum atomic E-state index is 6.51. The molecule has 0 spiro atoms. The molecular weight excluding hydrogens is 336 g/mol. The number of pyridine rings is 1.